The van der Waals surface area contributed by atoms with Crippen molar-refractivity contribution in [1.29, 1.82) is 0 Å². The Labute approximate surface area is 264 Å². The molecule has 0 amide bonds. The zero-order chi connectivity index (χ0) is 31.3. The maximum Gasteiger partial charge on any atom is 0.187 e. The molecule has 0 radical (unpaired) electrons. The van der Waals surface area contributed by atoms with Crippen molar-refractivity contribution in [1.82, 2.24) is 9.80 Å². The van der Waals surface area contributed by atoms with Gasteiger partial charge in [-0.2, -0.15) is 0 Å². The van der Waals surface area contributed by atoms with E-state index < -0.39 is 33.3 Å². The summed E-state index contributed by atoms with van der Waals surface area (Å²) in [5, 5.41) is 0. The van der Waals surface area contributed by atoms with Crippen LogP contribution in [0.5, 0.6) is 0 Å². The lowest BCUT2D eigenvalue weighted by Crippen LogP contribution is -2.47. The molecule has 0 aromatic carbocycles. The lowest BCUT2D eigenvalue weighted by molar-refractivity contribution is -0.0240. The molecule has 2 atom stereocenters. The van der Waals surface area contributed by atoms with Gasteiger partial charge in [-0.05, 0) is 128 Å². The molecule has 8 nitrogen and oxygen atoms in total. The van der Waals surface area contributed by atoms with Gasteiger partial charge in [-0.15, -0.1) is 0 Å². The first kappa shape index (κ1) is 38.7. The predicted molar refractivity (Wildman–Crippen MR) is 186 cm³/mol. The molecule has 2 aliphatic heterocycles. The van der Waals surface area contributed by atoms with Crippen molar-refractivity contribution in [3.63, 3.8) is 0 Å². The van der Waals surface area contributed by atoms with Crippen molar-refractivity contribution >= 4 is 33.3 Å². The summed E-state index contributed by atoms with van der Waals surface area (Å²) in [6.45, 7) is 27.6. The molecule has 0 saturated carbocycles. The van der Waals surface area contributed by atoms with Crippen molar-refractivity contribution in [2.45, 2.75) is 114 Å². The summed E-state index contributed by atoms with van der Waals surface area (Å²) in [6.07, 6.45) is 5.14. The molecular formula is C30H68N2O6Si4. The highest BCUT2D eigenvalue weighted by atomic mass is 28.4. The van der Waals surface area contributed by atoms with Crippen LogP contribution in [0, 0.1) is 0 Å². The van der Waals surface area contributed by atoms with E-state index in [0.717, 1.165) is 26.2 Å². The Morgan fingerprint density at radius 1 is 0.667 bits per heavy atom. The fourth-order valence-electron chi connectivity index (χ4n) is 6.10. The van der Waals surface area contributed by atoms with Crippen LogP contribution in [0.2, 0.25) is 76.6 Å². The summed E-state index contributed by atoms with van der Waals surface area (Å²) in [6, 6.07) is 4.84. The first-order valence-electron chi connectivity index (χ1n) is 16.7. The van der Waals surface area contributed by atoms with Crippen molar-refractivity contribution < 1.29 is 27.2 Å². The Kier molecular flexibility index (Phi) is 17.2. The van der Waals surface area contributed by atoms with Gasteiger partial charge in [0.05, 0.1) is 38.6 Å². The van der Waals surface area contributed by atoms with E-state index in [0.29, 0.717) is 26.4 Å². The third-order valence-electron chi connectivity index (χ3n) is 8.99. The van der Waals surface area contributed by atoms with Crippen molar-refractivity contribution in [2.24, 2.45) is 0 Å². The van der Waals surface area contributed by atoms with Crippen molar-refractivity contribution in [2.75, 3.05) is 79.9 Å². The minimum Gasteiger partial charge on any atom is -0.420 e. The van der Waals surface area contributed by atoms with E-state index >= 15 is 0 Å². The highest BCUT2D eigenvalue weighted by Gasteiger charge is 2.32. The Hall–Kier alpha value is 0.548. The van der Waals surface area contributed by atoms with Crippen molar-refractivity contribution in [3.8, 4) is 0 Å². The summed E-state index contributed by atoms with van der Waals surface area (Å²) in [4.78, 5) is 5.19. The minimum atomic E-state index is -1.66. The van der Waals surface area contributed by atoms with Crippen LogP contribution in [-0.2, 0) is 27.2 Å². The van der Waals surface area contributed by atoms with Gasteiger partial charge in [0, 0.05) is 27.3 Å². The van der Waals surface area contributed by atoms with E-state index in [1.165, 1.54) is 62.9 Å². The van der Waals surface area contributed by atoms with Crippen LogP contribution >= 0.6 is 0 Å². The second kappa shape index (κ2) is 18.6. The number of nitrogens with zero attached hydrogens (tertiary/aromatic N) is 2. The summed E-state index contributed by atoms with van der Waals surface area (Å²) in [5.74, 6) is 0. The zero-order valence-corrected chi connectivity index (χ0v) is 33.2. The topological polar surface area (TPSA) is 61.9 Å². The molecule has 2 unspecified atom stereocenters. The normalized spacial score (nSPS) is 25.0. The van der Waals surface area contributed by atoms with Gasteiger partial charge in [0.2, 0.25) is 0 Å². The van der Waals surface area contributed by atoms with E-state index in [2.05, 4.69) is 62.2 Å². The Morgan fingerprint density at radius 3 is 1.40 bits per heavy atom. The fourth-order valence-corrected chi connectivity index (χ4v) is 12.9. The predicted octanol–water partition coefficient (Wildman–Crippen LogP) is 6.09. The molecule has 0 aromatic heterocycles. The lowest BCUT2D eigenvalue weighted by Gasteiger charge is -2.37. The third-order valence-corrected chi connectivity index (χ3v) is 19.4. The molecule has 250 valence electrons. The van der Waals surface area contributed by atoms with Gasteiger partial charge in [-0.1, -0.05) is 0 Å². The maximum absolute atomic E-state index is 6.69. The van der Waals surface area contributed by atoms with Gasteiger partial charge in [-0.25, -0.2) is 0 Å². The lowest BCUT2D eigenvalue weighted by atomic mass is 10.3. The number of hydrogen-bond acceptors (Lipinski definition) is 8. The van der Waals surface area contributed by atoms with Gasteiger partial charge in [-0.3, -0.25) is 0 Å². The maximum atomic E-state index is 6.69. The molecule has 0 N–H and O–H groups in total. The van der Waals surface area contributed by atoms with E-state index in [1.54, 1.807) is 0 Å². The number of rotatable bonds is 17. The standard InChI is InChI=1S/C30H68N2O6Si4/c1-33-39(3,4)21-11-15-31-17-13-23-41(7,8)37-29(25-31)27-35-19-20-36-28-30-26-32(16-12-22-40(5,6)34-2)18-14-24-42(9,10)38-30/h29-30H,11-28H2,1-10H3. The van der Waals surface area contributed by atoms with Crippen LogP contribution in [0.25, 0.3) is 0 Å². The van der Waals surface area contributed by atoms with Gasteiger partial charge < -0.3 is 37.0 Å². The first-order valence-corrected chi connectivity index (χ1v) is 29.2. The second-order valence-electron chi connectivity index (χ2n) is 15.1. The van der Waals surface area contributed by atoms with E-state index in [1.807, 2.05) is 14.2 Å². The average Bonchev–Trinajstić information content (AvgIpc) is 2.87. The Morgan fingerprint density at radius 2 is 1.05 bits per heavy atom. The largest absolute Gasteiger partial charge is 0.420 e. The van der Waals surface area contributed by atoms with Crippen LogP contribution in [0.4, 0.5) is 0 Å². The molecule has 0 aromatic rings. The second-order valence-corrected chi connectivity index (χ2v) is 32.5. The third kappa shape index (κ3) is 16.7. The van der Waals surface area contributed by atoms with E-state index in [9.17, 15) is 0 Å². The van der Waals surface area contributed by atoms with E-state index in [-0.39, 0.29) is 12.2 Å². The van der Waals surface area contributed by atoms with Crippen LogP contribution in [0.3, 0.4) is 0 Å². The molecule has 2 heterocycles. The number of hydrogen-bond donors (Lipinski definition) is 0. The van der Waals surface area contributed by atoms with Crippen LogP contribution in [0.15, 0.2) is 0 Å². The molecule has 0 aliphatic carbocycles. The molecule has 0 bridgehead atoms. The molecule has 2 saturated heterocycles. The monoisotopic (exact) mass is 664 g/mol. The number of ether oxygens (including phenoxy) is 2. The van der Waals surface area contributed by atoms with Crippen molar-refractivity contribution in [3.05, 3.63) is 0 Å². The molecular weight excluding hydrogens is 597 g/mol. The molecule has 12 heteroatoms. The van der Waals surface area contributed by atoms with Crippen LogP contribution < -0.4 is 0 Å². The summed E-state index contributed by atoms with van der Waals surface area (Å²) < 4.78 is 37.2. The summed E-state index contributed by atoms with van der Waals surface area (Å²) in [5.41, 5.74) is 0. The van der Waals surface area contributed by atoms with Gasteiger partial charge in [0.1, 0.15) is 0 Å². The van der Waals surface area contributed by atoms with E-state index in [4.69, 9.17) is 27.2 Å². The van der Waals surface area contributed by atoms with Crippen LogP contribution in [0.1, 0.15) is 25.7 Å². The molecule has 42 heavy (non-hydrogen) atoms. The Bertz CT molecular complexity index is 687. The Balaban J connectivity index is 1.77. The minimum absolute atomic E-state index is 0.139. The first-order chi connectivity index (χ1) is 19.6. The fraction of sp³-hybridized carbons (Fsp3) is 1.00. The molecule has 0 spiro atoms. The molecule has 2 rings (SSSR count). The zero-order valence-electron chi connectivity index (χ0n) is 29.2. The van der Waals surface area contributed by atoms with Gasteiger partial charge in [0.15, 0.2) is 33.3 Å². The SMILES string of the molecule is CO[Si](C)(C)CCCN1CCC[Si](C)(C)OC(COCCOCC2CN(CCC[Si](C)(C)OC)CCC[Si](C)(C)O2)C1. The molecule has 2 aliphatic rings. The van der Waals surface area contributed by atoms with Gasteiger partial charge >= 0.3 is 0 Å². The highest BCUT2D eigenvalue weighted by Crippen LogP contribution is 2.23. The smallest absolute Gasteiger partial charge is 0.187 e. The van der Waals surface area contributed by atoms with Crippen LogP contribution in [-0.4, -0.2) is 135 Å². The highest BCUT2D eigenvalue weighted by molar-refractivity contribution is 6.72. The van der Waals surface area contributed by atoms with Gasteiger partial charge in [0.25, 0.3) is 0 Å². The quantitative estimate of drug-likeness (QED) is 0.137. The summed E-state index contributed by atoms with van der Waals surface area (Å²) >= 11 is 0. The summed E-state index contributed by atoms with van der Waals surface area (Å²) in [7, 11) is -2.58. The average molecular weight is 665 g/mol. The molecule has 2 fully saturated rings.